The summed E-state index contributed by atoms with van der Waals surface area (Å²) in [6, 6.07) is 0. The fraction of sp³-hybridized carbons (Fsp3) is 0.889. The highest BCUT2D eigenvalue weighted by Gasteiger charge is 2.32. The van der Waals surface area contributed by atoms with Gasteiger partial charge in [0, 0.05) is 12.5 Å². The van der Waals surface area contributed by atoms with Crippen LogP contribution in [-0.2, 0) is 4.74 Å². The molecule has 0 aliphatic carbocycles. The monoisotopic (exact) mass is 187 g/mol. The molecule has 0 unspecified atom stereocenters. The first-order chi connectivity index (χ1) is 5.57. The number of nitrogens with two attached hydrogens (primary N) is 1. The number of hydrogen-bond donors (Lipinski definition) is 1. The fourth-order valence-corrected chi connectivity index (χ4v) is 1.82. The van der Waals surface area contributed by atoms with Gasteiger partial charge in [0.1, 0.15) is 0 Å². The van der Waals surface area contributed by atoms with Crippen LogP contribution in [0.25, 0.3) is 0 Å². The first-order valence-corrected chi connectivity index (χ1v) is 4.91. The highest BCUT2D eigenvalue weighted by atomic mass is 32.1. The zero-order chi connectivity index (χ0) is 9.19. The third-order valence-corrected chi connectivity index (χ3v) is 3.08. The molecule has 2 atom stereocenters. The van der Waals surface area contributed by atoms with E-state index >= 15 is 0 Å². The van der Waals surface area contributed by atoms with Gasteiger partial charge in [-0.15, -0.1) is 0 Å². The minimum Gasteiger partial charge on any atom is -0.393 e. The van der Waals surface area contributed by atoms with Gasteiger partial charge >= 0.3 is 0 Å². The Balaban J connectivity index is 2.57. The highest BCUT2D eigenvalue weighted by molar-refractivity contribution is 7.80. The summed E-state index contributed by atoms with van der Waals surface area (Å²) < 4.78 is 5.68. The second kappa shape index (κ2) is 3.71. The van der Waals surface area contributed by atoms with Gasteiger partial charge in [0.2, 0.25) is 0 Å². The van der Waals surface area contributed by atoms with E-state index in [1.165, 1.54) is 0 Å². The maximum absolute atomic E-state index is 5.68. The quantitative estimate of drug-likeness (QED) is 0.670. The Bertz CT molecular complexity index is 183. The molecule has 12 heavy (non-hydrogen) atoms. The van der Waals surface area contributed by atoms with Crippen LogP contribution in [-0.4, -0.2) is 17.2 Å². The highest BCUT2D eigenvalue weighted by Crippen LogP contribution is 2.31. The van der Waals surface area contributed by atoms with Crippen molar-refractivity contribution < 1.29 is 4.74 Å². The molecule has 1 fully saturated rings. The maximum Gasteiger partial charge on any atom is 0.0760 e. The van der Waals surface area contributed by atoms with Crippen LogP contribution in [0.1, 0.15) is 33.1 Å². The number of ether oxygens (including phenoxy) is 1. The summed E-state index contributed by atoms with van der Waals surface area (Å²) in [5, 5.41) is 0. The van der Waals surface area contributed by atoms with Gasteiger partial charge in [-0.3, -0.25) is 0 Å². The second-order valence-electron chi connectivity index (χ2n) is 3.74. The van der Waals surface area contributed by atoms with Crippen LogP contribution < -0.4 is 5.73 Å². The van der Waals surface area contributed by atoms with Gasteiger partial charge in [0.25, 0.3) is 0 Å². The third kappa shape index (κ3) is 2.17. The Labute approximate surface area is 79.5 Å². The standard InChI is InChI=1S/C9H17NOS/c1-3-9(2)6-7(8(10)12)4-5-11-9/h7H,3-6H2,1-2H3,(H2,10,12)/t7-,9+/m0/s1. The lowest BCUT2D eigenvalue weighted by molar-refractivity contribution is -0.0766. The van der Waals surface area contributed by atoms with Gasteiger partial charge in [-0.25, -0.2) is 0 Å². The van der Waals surface area contributed by atoms with Gasteiger partial charge in [-0.1, -0.05) is 19.1 Å². The van der Waals surface area contributed by atoms with Crippen LogP contribution in [0.15, 0.2) is 0 Å². The molecule has 0 spiro atoms. The van der Waals surface area contributed by atoms with E-state index in [0.29, 0.717) is 10.9 Å². The summed E-state index contributed by atoms with van der Waals surface area (Å²) in [7, 11) is 0. The molecule has 1 aliphatic heterocycles. The van der Waals surface area contributed by atoms with Gasteiger partial charge in [-0.2, -0.15) is 0 Å². The predicted molar refractivity (Wildman–Crippen MR) is 54.2 cm³/mol. The molecule has 0 amide bonds. The molecule has 1 saturated heterocycles. The molecule has 1 rings (SSSR count). The van der Waals surface area contributed by atoms with Crippen LogP contribution in [0, 0.1) is 5.92 Å². The number of thiocarbonyl (C=S) groups is 1. The molecular formula is C9H17NOS. The summed E-state index contributed by atoms with van der Waals surface area (Å²) in [4.78, 5) is 0.651. The molecular weight excluding hydrogens is 170 g/mol. The predicted octanol–water partition coefficient (Wildman–Crippen LogP) is 1.87. The molecule has 2 nitrogen and oxygen atoms in total. The summed E-state index contributed by atoms with van der Waals surface area (Å²) in [6.07, 6.45) is 3.01. The van der Waals surface area contributed by atoms with E-state index in [-0.39, 0.29) is 5.60 Å². The third-order valence-electron chi connectivity index (χ3n) is 2.75. The summed E-state index contributed by atoms with van der Waals surface area (Å²) in [5.41, 5.74) is 5.63. The van der Waals surface area contributed by atoms with Crippen LogP contribution in [0.3, 0.4) is 0 Å². The Hall–Kier alpha value is -0.150. The molecule has 0 aromatic rings. The molecule has 0 aromatic carbocycles. The van der Waals surface area contributed by atoms with Crippen LogP contribution in [0.4, 0.5) is 0 Å². The van der Waals surface area contributed by atoms with Crippen molar-refractivity contribution in [3.63, 3.8) is 0 Å². The van der Waals surface area contributed by atoms with Crippen molar-refractivity contribution in [2.75, 3.05) is 6.61 Å². The maximum atomic E-state index is 5.68. The van der Waals surface area contributed by atoms with Crippen molar-refractivity contribution in [1.29, 1.82) is 0 Å². The second-order valence-corrected chi connectivity index (χ2v) is 4.22. The lowest BCUT2D eigenvalue weighted by Gasteiger charge is -2.37. The van der Waals surface area contributed by atoms with Crippen molar-refractivity contribution >= 4 is 17.2 Å². The molecule has 1 heterocycles. The molecule has 0 saturated carbocycles. The van der Waals surface area contributed by atoms with E-state index in [1.54, 1.807) is 0 Å². The van der Waals surface area contributed by atoms with E-state index < -0.39 is 0 Å². The van der Waals surface area contributed by atoms with Crippen LogP contribution in [0.2, 0.25) is 0 Å². The van der Waals surface area contributed by atoms with E-state index in [9.17, 15) is 0 Å². The van der Waals surface area contributed by atoms with Crippen LogP contribution in [0.5, 0.6) is 0 Å². The molecule has 1 aliphatic rings. The van der Waals surface area contributed by atoms with Crippen molar-refractivity contribution in [3.8, 4) is 0 Å². The minimum absolute atomic E-state index is 0.00630. The van der Waals surface area contributed by atoms with Gasteiger partial charge in [0.05, 0.1) is 10.6 Å². The SMILES string of the molecule is CC[C@]1(C)C[C@@H](C(N)=S)CCO1. The summed E-state index contributed by atoms with van der Waals surface area (Å²) >= 11 is 4.99. The minimum atomic E-state index is 0.00630. The Morgan fingerprint density at radius 2 is 2.42 bits per heavy atom. The van der Waals surface area contributed by atoms with Crippen molar-refractivity contribution in [2.24, 2.45) is 11.7 Å². The van der Waals surface area contributed by atoms with E-state index in [4.69, 9.17) is 22.7 Å². The Morgan fingerprint density at radius 3 is 2.92 bits per heavy atom. The van der Waals surface area contributed by atoms with E-state index in [1.807, 2.05) is 0 Å². The smallest absolute Gasteiger partial charge is 0.0760 e. The number of hydrogen-bond acceptors (Lipinski definition) is 2. The molecule has 70 valence electrons. The normalized spacial score (nSPS) is 36.3. The van der Waals surface area contributed by atoms with Gasteiger partial charge in [0.15, 0.2) is 0 Å². The fourth-order valence-electron chi connectivity index (χ4n) is 1.62. The number of rotatable bonds is 2. The van der Waals surface area contributed by atoms with Gasteiger partial charge in [-0.05, 0) is 26.2 Å². The van der Waals surface area contributed by atoms with E-state index in [2.05, 4.69) is 13.8 Å². The first-order valence-electron chi connectivity index (χ1n) is 4.50. The van der Waals surface area contributed by atoms with Crippen molar-refractivity contribution in [1.82, 2.24) is 0 Å². The van der Waals surface area contributed by atoms with Crippen molar-refractivity contribution in [2.45, 2.75) is 38.7 Å². The average Bonchev–Trinajstić information content (AvgIpc) is 2.05. The lowest BCUT2D eigenvalue weighted by atomic mass is 9.85. The first kappa shape index (κ1) is 9.93. The average molecular weight is 187 g/mol. The van der Waals surface area contributed by atoms with E-state index in [0.717, 1.165) is 25.9 Å². The topological polar surface area (TPSA) is 35.2 Å². The Morgan fingerprint density at radius 1 is 1.75 bits per heavy atom. The van der Waals surface area contributed by atoms with Gasteiger partial charge < -0.3 is 10.5 Å². The summed E-state index contributed by atoms with van der Waals surface area (Å²) in [6.45, 7) is 5.08. The molecule has 0 aromatic heterocycles. The largest absolute Gasteiger partial charge is 0.393 e. The molecule has 0 bridgehead atoms. The molecule has 3 heteroatoms. The van der Waals surface area contributed by atoms with Crippen molar-refractivity contribution in [3.05, 3.63) is 0 Å². The Kier molecular flexibility index (Phi) is 3.07. The zero-order valence-electron chi connectivity index (χ0n) is 7.80. The lowest BCUT2D eigenvalue weighted by Crippen LogP contribution is -2.40. The van der Waals surface area contributed by atoms with Crippen LogP contribution >= 0.6 is 12.2 Å². The molecule has 0 radical (unpaired) electrons. The molecule has 2 N–H and O–H groups in total. The zero-order valence-corrected chi connectivity index (χ0v) is 8.62. The summed E-state index contributed by atoms with van der Waals surface area (Å²) in [5.74, 6) is 0.388.